The predicted molar refractivity (Wildman–Crippen MR) is 68.5 cm³/mol. The molecular formula is C11H9Cl2N3O. The van der Waals surface area contributed by atoms with Gasteiger partial charge in [0.15, 0.2) is 0 Å². The summed E-state index contributed by atoms with van der Waals surface area (Å²) < 4.78 is 4.88. The molecule has 0 aliphatic rings. The molecule has 0 spiro atoms. The number of hydrogen-bond acceptors (Lipinski definition) is 4. The third-order valence-corrected chi connectivity index (χ3v) is 2.97. The lowest BCUT2D eigenvalue weighted by Gasteiger charge is -2.07. The molecule has 0 saturated heterocycles. The number of ether oxygens (including phenoxy) is 1. The first-order valence-corrected chi connectivity index (χ1v) is 5.48. The molecule has 1 aromatic heterocycles. The van der Waals surface area contributed by atoms with Gasteiger partial charge in [0.25, 0.3) is 0 Å². The van der Waals surface area contributed by atoms with Crippen LogP contribution in [-0.4, -0.2) is 17.1 Å². The highest BCUT2D eigenvalue weighted by atomic mass is 35.5. The standard InChI is InChI=1S/C11H9Cl2N3O/c1-17-11-15-4-6(5-16-11)8-2-7(14)3-9(12)10(8)13/h2-5H,14H2,1H3. The van der Waals surface area contributed by atoms with Crippen molar-refractivity contribution in [3.8, 4) is 17.1 Å². The van der Waals surface area contributed by atoms with E-state index in [-0.39, 0.29) is 0 Å². The fourth-order valence-electron chi connectivity index (χ4n) is 1.38. The summed E-state index contributed by atoms with van der Waals surface area (Å²) in [5.41, 5.74) is 7.67. The van der Waals surface area contributed by atoms with Gasteiger partial charge in [-0.05, 0) is 12.1 Å². The smallest absolute Gasteiger partial charge is 0.316 e. The number of nitrogen functional groups attached to an aromatic ring is 1. The highest BCUT2D eigenvalue weighted by Gasteiger charge is 2.09. The average Bonchev–Trinajstić information content (AvgIpc) is 2.34. The zero-order valence-corrected chi connectivity index (χ0v) is 10.5. The highest BCUT2D eigenvalue weighted by molar-refractivity contribution is 6.44. The molecule has 0 aliphatic heterocycles. The summed E-state index contributed by atoms with van der Waals surface area (Å²) in [5, 5.41) is 0.826. The molecule has 0 aliphatic carbocycles. The summed E-state index contributed by atoms with van der Waals surface area (Å²) in [6.07, 6.45) is 3.20. The molecule has 2 aromatic rings. The van der Waals surface area contributed by atoms with Gasteiger partial charge in [0, 0.05) is 29.2 Å². The molecule has 17 heavy (non-hydrogen) atoms. The van der Waals surface area contributed by atoms with Crippen molar-refractivity contribution in [1.29, 1.82) is 0 Å². The number of hydrogen-bond donors (Lipinski definition) is 1. The van der Waals surface area contributed by atoms with Crippen LogP contribution in [0.2, 0.25) is 10.0 Å². The van der Waals surface area contributed by atoms with Crippen molar-refractivity contribution in [2.75, 3.05) is 12.8 Å². The molecule has 2 N–H and O–H groups in total. The van der Waals surface area contributed by atoms with E-state index in [2.05, 4.69) is 9.97 Å². The van der Waals surface area contributed by atoms with Crippen molar-refractivity contribution >= 4 is 28.9 Å². The monoisotopic (exact) mass is 269 g/mol. The number of benzene rings is 1. The first kappa shape index (κ1) is 12.0. The lowest BCUT2D eigenvalue weighted by atomic mass is 10.1. The van der Waals surface area contributed by atoms with Gasteiger partial charge >= 0.3 is 6.01 Å². The summed E-state index contributed by atoms with van der Waals surface area (Å²) >= 11 is 12.0. The number of rotatable bonds is 2. The van der Waals surface area contributed by atoms with Crippen molar-refractivity contribution < 1.29 is 4.74 Å². The second kappa shape index (κ2) is 4.77. The van der Waals surface area contributed by atoms with Crippen LogP contribution in [0, 0.1) is 0 Å². The third kappa shape index (κ3) is 2.43. The van der Waals surface area contributed by atoms with Gasteiger partial charge in [-0.15, -0.1) is 0 Å². The van der Waals surface area contributed by atoms with Crippen LogP contribution < -0.4 is 10.5 Å². The molecule has 88 valence electrons. The molecule has 0 bridgehead atoms. The van der Waals surface area contributed by atoms with Gasteiger partial charge in [0.05, 0.1) is 17.2 Å². The van der Waals surface area contributed by atoms with Gasteiger partial charge in [-0.2, -0.15) is 0 Å². The van der Waals surface area contributed by atoms with Crippen molar-refractivity contribution in [1.82, 2.24) is 9.97 Å². The van der Waals surface area contributed by atoms with Crippen LogP contribution in [0.15, 0.2) is 24.5 Å². The van der Waals surface area contributed by atoms with E-state index in [9.17, 15) is 0 Å². The molecular weight excluding hydrogens is 261 g/mol. The zero-order valence-electron chi connectivity index (χ0n) is 8.95. The Kier molecular flexibility index (Phi) is 3.36. The summed E-state index contributed by atoms with van der Waals surface area (Å²) in [6.45, 7) is 0. The Morgan fingerprint density at radius 3 is 2.41 bits per heavy atom. The van der Waals surface area contributed by atoms with Gasteiger partial charge in [0.2, 0.25) is 0 Å². The fraction of sp³-hybridized carbons (Fsp3) is 0.0909. The summed E-state index contributed by atoms with van der Waals surface area (Å²) in [7, 11) is 1.50. The molecule has 0 amide bonds. The molecule has 6 heteroatoms. The Morgan fingerprint density at radius 2 is 1.82 bits per heavy atom. The maximum Gasteiger partial charge on any atom is 0.316 e. The van der Waals surface area contributed by atoms with Crippen LogP contribution in [0.25, 0.3) is 11.1 Å². The molecule has 0 radical (unpaired) electrons. The molecule has 0 unspecified atom stereocenters. The second-order valence-electron chi connectivity index (χ2n) is 3.32. The summed E-state index contributed by atoms with van der Waals surface area (Å²) in [4.78, 5) is 8.00. The molecule has 0 fully saturated rings. The van der Waals surface area contributed by atoms with Crippen molar-refractivity contribution in [2.24, 2.45) is 0 Å². The maximum atomic E-state index is 6.10. The average molecular weight is 270 g/mol. The SMILES string of the molecule is COc1ncc(-c2cc(N)cc(Cl)c2Cl)cn1. The number of methoxy groups -OCH3 is 1. The van der Waals surface area contributed by atoms with Crippen LogP contribution in [0.1, 0.15) is 0 Å². The van der Waals surface area contributed by atoms with Gasteiger partial charge in [-0.25, -0.2) is 9.97 Å². The largest absolute Gasteiger partial charge is 0.467 e. The quantitative estimate of drug-likeness (QED) is 0.852. The Hall–Kier alpha value is -1.52. The minimum absolute atomic E-state index is 0.292. The van der Waals surface area contributed by atoms with E-state index >= 15 is 0 Å². The van der Waals surface area contributed by atoms with E-state index in [4.69, 9.17) is 33.7 Å². The molecule has 2 rings (SSSR count). The third-order valence-electron chi connectivity index (χ3n) is 2.17. The van der Waals surface area contributed by atoms with E-state index < -0.39 is 0 Å². The number of anilines is 1. The second-order valence-corrected chi connectivity index (χ2v) is 4.11. The number of nitrogens with zero attached hydrogens (tertiary/aromatic N) is 2. The van der Waals surface area contributed by atoms with Crippen molar-refractivity contribution in [2.45, 2.75) is 0 Å². The Balaban J connectivity index is 2.52. The molecule has 1 aromatic carbocycles. The van der Waals surface area contributed by atoms with Crippen molar-refractivity contribution in [3.63, 3.8) is 0 Å². The van der Waals surface area contributed by atoms with E-state index in [1.807, 2.05) is 0 Å². The molecule has 4 nitrogen and oxygen atoms in total. The Morgan fingerprint density at radius 1 is 1.18 bits per heavy atom. The minimum atomic E-state index is 0.292. The van der Waals surface area contributed by atoms with Crippen LogP contribution in [0.5, 0.6) is 6.01 Å². The molecule has 0 atom stereocenters. The topological polar surface area (TPSA) is 61.0 Å². The number of halogens is 2. The van der Waals surface area contributed by atoms with Gasteiger partial charge in [-0.1, -0.05) is 23.2 Å². The van der Waals surface area contributed by atoms with Crippen LogP contribution in [0.4, 0.5) is 5.69 Å². The first-order chi connectivity index (χ1) is 8.11. The van der Waals surface area contributed by atoms with Gasteiger partial charge in [-0.3, -0.25) is 0 Å². The first-order valence-electron chi connectivity index (χ1n) is 4.72. The van der Waals surface area contributed by atoms with E-state index in [0.29, 0.717) is 27.3 Å². The zero-order chi connectivity index (χ0) is 12.4. The Labute approximate surface area is 108 Å². The van der Waals surface area contributed by atoms with E-state index in [1.165, 1.54) is 7.11 Å². The normalized spacial score (nSPS) is 10.3. The Bertz CT molecular complexity index is 543. The van der Waals surface area contributed by atoms with E-state index in [0.717, 1.165) is 5.56 Å². The number of nitrogens with two attached hydrogens (primary N) is 1. The number of aromatic nitrogens is 2. The van der Waals surface area contributed by atoms with Crippen LogP contribution >= 0.6 is 23.2 Å². The summed E-state index contributed by atoms with van der Waals surface area (Å²) in [6, 6.07) is 3.61. The molecule has 0 saturated carbocycles. The lowest BCUT2D eigenvalue weighted by molar-refractivity contribution is 0.380. The highest BCUT2D eigenvalue weighted by Crippen LogP contribution is 2.35. The van der Waals surface area contributed by atoms with E-state index in [1.54, 1.807) is 24.5 Å². The molecule has 1 heterocycles. The van der Waals surface area contributed by atoms with Gasteiger partial charge < -0.3 is 10.5 Å². The fourth-order valence-corrected chi connectivity index (χ4v) is 1.83. The summed E-state index contributed by atoms with van der Waals surface area (Å²) in [5.74, 6) is 0. The minimum Gasteiger partial charge on any atom is -0.467 e. The maximum absolute atomic E-state index is 6.10. The lowest BCUT2D eigenvalue weighted by Crippen LogP contribution is -1.93. The van der Waals surface area contributed by atoms with Crippen molar-refractivity contribution in [3.05, 3.63) is 34.6 Å². The van der Waals surface area contributed by atoms with Gasteiger partial charge in [0.1, 0.15) is 0 Å². The van der Waals surface area contributed by atoms with Crippen LogP contribution in [0.3, 0.4) is 0 Å². The predicted octanol–water partition coefficient (Wildman–Crippen LogP) is 3.04. The van der Waals surface area contributed by atoms with Crippen LogP contribution in [-0.2, 0) is 0 Å².